The number of rotatable bonds is 3. The van der Waals surface area contributed by atoms with Crippen LogP contribution in [0.2, 0.25) is 0 Å². The van der Waals surface area contributed by atoms with Crippen molar-refractivity contribution in [2.75, 3.05) is 11.4 Å². The smallest absolute Gasteiger partial charge is 0.226 e. The summed E-state index contributed by atoms with van der Waals surface area (Å²) in [6.45, 7) is 0.406. The Bertz CT molecular complexity index is 1240. The summed E-state index contributed by atoms with van der Waals surface area (Å²) in [6, 6.07) is -0.435. The fraction of sp³-hybridized carbons (Fsp3) is 0.174. The van der Waals surface area contributed by atoms with E-state index in [0.717, 1.165) is 12.8 Å². The lowest BCUT2D eigenvalue weighted by atomic mass is 9.97. The maximum atomic E-state index is 12.7. The van der Waals surface area contributed by atoms with Crippen LogP contribution in [-0.2, 0) is 4.79 Å². The van der Waals surface area contributed by atoms with Gasteiger partial charge in [-0.2, -0.15) is 0 Å². The van der Waals surface area contributed by atoms with Gasteiger partial charge in [-0.3, -0.25) is 4.79 Å². The van der Waals surface area contributed by atoms with Crippen LogP contribution in [0.25, 0.3) is 22.3 Å². The summed E-state index contributed by atoms with van der Waals surface area (Å²) < 4.78 is 81.3. The van der Waals surface area contributed by atoms with Crippen molar-refractivity contribution in [3.8, 4) is 22.3 Å². The minimum Gasteiger partial charge on any atom is -0.312 e. The first-order valence-corrected chi connectivity index (χ1v) is 8.05. The molecule has 1 amide bonds. The number of hydrogen-bond acceptors (Lipinski definition) is 1. The van der Waals surface area contributed by atoms with Crippen LogP contribution in [0.3, 0.4) is 0 Å². The van der Waals surface area contributed by atoms with Gasteiger partial charge in [-0.15, -0.1) is 0 Å². The summed E-state index contributed by atoms with van der Waals surface area (Å²) in [6.07, 6.45) is 1.80. The summed E-state index contributed by atoms with van der Waals surface area (Å²) in [5.74, 6) is -0.151. The largest absolute Gasteiger partial charge is 0.312 e. The lowest BCUT2D eigenvalue weighted by Crippen LogP contribution is -2.35. The molecule has 3 aromatic carbocycles. The molecule has 25 heavy (non-hydrogen) atoms. The summed E-state index contributed by atoms with van der Waals surface area (Å²) in [7, 11) is 0. The molecule has 2 nitrogen and oxygen atoms in total. The predicted octanol–water partition coefficient (Wildman–Crippen LogP) is 5.54. The van der Waals surface area contributed by atoms with E-state index in [1.165, 1.54) is 23.1 Å². The molecular weight excluding hydrogens is 306 g/mol. The molecule has 0 N–H and O–H groups in total. The lowest BCUT2D eigenvalue weighted by molar-refractivity contribution is -0.119. The molecule has 1 fully saturated rings. The summed E-state index contributed by atoms with van der Waals surface area (Å²) in [4.78, 5) is 14.2. The molecule has 0 aliphatic carbocycles. The zero-order valence-electron chi connectivity index (χ0n) is 23.4. The maximum Gasteiger partial charge on any atom is 0.226 e. The molecule has 1 aliphatic heterocycles. The highest BCUT2D eigenvalue weighted by Gasteiger charge is 2.20. The van der Waals surface area contributed by atoms with E-state index in [9.17, 15) is 4.79 Å². The Morgan fingerprint density at radius 1 is 0.720 bits per heavy atom. The first kappa shape index (κ1) is 8.01. The van der Waals surface area contributed by atoms with E-state index in [4.69, 9.17) is 13.7 Å². The second-order valence-corrected chi connectivity index (χ2v) is 5.77. The first-order chi connectivity index (χ1) is 16.5. The molecule has 0 spiro atoms. The van der Waals surface area contributed by atoms with Gasteiger partial charge in [0.1, 0.15) is 0 Å². The van der Waals surface area contributed by atoms with E-state index in [1.54, 1.807) is 0 Å². The van der Waals surface area contributed by atoms with Gasteiger partial charge in [0.25, 0.3) is 0 Å². The first-order valence-electron chi connectivity index (χ1n) is 13.1. The SMILES string of the molecule is [2H]c1c([2H])c([2H])c(-c2cc(-c3c([2H])c([2H])c([2H])c([2H])c3[2H])cc(N3CCCCC3=O)c2)c([2H])c1[2H]. The van der Waals surface area contributed by atoms with Crippen molar-refractivity contribution in [3.05, 3.63) is 78.6 Å². The summed E-state index contributed by atoms with van der Waals surface area (Å²) >= 11 is 0. The minimum atomic E-state index is -0.544. The van der Waals surface area contributed by atoms with Crippen LogP contribution >= 0.6 is 0 Å². The molecule has 0 saturated carbocycles. The molecule has 0 bridgehead atoms. The minimum absolute atomic E-state index is 0.101. The Hall–Kier alpha value is -2.87. The number of nitrogens with zero attached hydrogens (tertiary/aromatic N) is 1. The van der Waals surface area contributed by atoms with Gasteiger partial charge in [-0.05, 0) is 53.3 Å². The lowest BCUT2D eigenvalue weighted by Gasteiger charge is -2.28. The third-order valence-electron chi connectivity index (χ3n) is 4.13. The molecular formula is C23H21NO. The Balaban J connectivity index is 2.08. The fourth-order valence-corrected chi connectivity index (χ4v) is 2.92. The van der Waals surface area contributed by atoms with Crippen LogP contribution in [0, 0.1) is 0 Å². The van der Waals surface area contributed by atoms with Gasteiger partial charge in [0.15, 0.2) is 0 Å². The molecule has 3 aromatic rings. The van der Waals surface area contributed by atoms with E-state index in [2.05, 4.69) is 0 Å². The Kier molecular flexibility index (Phi) is 2.22. The highest BCUT2D eigenvalue weighted by atomic mass is 16.2. The molecule has 4 rings (SSSR count). The number of anilines is 1. The number of carbonyl (C=O) groups is 1. The van der Waals surface area contributed by atoms with Crippen molar-refractivity contribution in [2.45, 2.75) is 19.3 Å². The molecule has 0 atom stereocenters. The van der Waals surface area contributed by atoms with E-state index in [-0.39, 0.29) is 28.2 Å². The molecule has 124 valence electrons. The molecule has 1 heterocycles. The second-order valence-electron chi connectivity index (χ2n) is 5.77. The predicted molar refractivity (Wildman–Crippen MR) is 104 cm³/mol. The zero-order chi connectivity index (χ0) is 25.8. The van der Waals surface area contributed by atoms with Gasteiger partial charge in [0, 0.05) is 18.7 Å². The highest BCUT2D eigenvalue weighted by Crippen LogP contribution is 2.33. The van der Waals surface area contributed by atoms with E-state index in [0.29, 0.717) is 18.7 Å². The molecule has 0 aromatic heterocycles. The monoisotopic (exact) mass is 337 g/mol. The Morgan fingerprint density at radius 3 is 1.80 bits per heavy atom. The topological polar surface area (TPSA) is 20.3 Å². The van der Waals surface area contributed by atoms with Crippen LogP contribution in [0.4, 0.5) is 5.69 Å². The fourth-order valence-electron chi connectivity index (χ4n) is 2.92. The number of amides is 1. The van der Waals surface area contributed by atoms with Gasteiger partial charge >= 0.3 is 0 Å². The van der Waals surface area contributed by atoms with Crippen molar-refractivity contribution < 1.29 is 18.5 Å². The second kappa shape index (κ2) is 6.94. The summed E-state index contributed by atoms with van der Waals surface area (Å²) in [5, 5.41) is 0. The van der Waals surface area contributed by atoms with Crippen LogP contribution in [0.1, 0.15) is 33.0 Å². The zero-order valence-corrected chi connectivity index (χ0v) is 13.4. The van der Waals surface area contributed by atoms with Crippen molar-refractivity contribution in [2.24, 2.45) is 0 Å². The quantitative estimate of drug-likeness (QED) is 0.614. The molecule has 1 saturated heterocycles. The van der Waals surface area contributed by atoms with E-state index in [1.807, 2.05) is 0 Å². The van der Waals surface area contributed by atoms with Crippen LogP contribution < -0.4 is 4.90 Å². The van der Waals surface area contributed by atoms with Crippen molar-refractivity contribution >= 4 is 11.6 Å². The van der Waals surface area contributed by atoms with Crippen molar-refractivity contribution in [1.82, 2.24) is 0 Å². The third kappa shape index (κ3) is 3.34. The van der Waals surface area contributed by atoms with Crippen LogP contribution in [-0.4, -0.2) is 12.5 Å². The van der Waals surface area contributed by atoms with Gasteiger partial charge in [0.2, 0.25) is 5.91 Å². The van der Waals surface area contributed by atoms with Gasteiger partial charge < -0.3 is 4.90 Å². The molecule has 0 unspecified atom stereocenters. The van der Waals surface area contributed by atoms with Crippen molar-refractivity contribution in [3.63, 3.8) is 0 Å². The maximum absolute atomic E-state index is 12.7. The number of hydrogen-bond donors (Lipinski definition) is 0. The van der Waals surface area contributed by atoms with Gasteiger partial charge in [0.05, 0.1) is 13.7 Å². The van der Waals surface area contributed by atoms with Crippen LogP contribution in [0.15, 0.2) is 78.6 Å². The molecule has 1 aliphatic rings. The standard InChI is InChI=1S/C23H21NO/c25-23-13-7-8-14-24(23)22-16-20(18-9-3-1-4-10-18)15-21(17-22)19-11-5-2-6-12-19/h1-6,9-12,15-17H,7-8,13-14H2/i1D,2D,3D,4D,5D,6D,9D,10D,11D,12D. The molecule has 2 heteroatoms. The van der Waals surface area contributed by atoms with E-state index >= 15 is 0 Å². The Labute approximate surface area is 162 Å². The normalized spacial score (nSPS) is 20.2. The number of benzene rings is 3. The van der Waals surface area contributed by atoms with Gasteiger partial charge in [-0.1, -0.05) is 60.4 Å². The highest BCUT2D eigenvalue weighted by molar-refractivity contribution is 5.95. The Morgan fingerprint density at radius 2 is 1.28 bits per heavy atom. The summed E-state index contributed by atoms with van der Waals surface area (Å²) in [5.41, 5.74) is 0.520. The van der Waals surface area contributed by atoms with E-state index < -0.39 is 60.4 Å². The number of piperidine rings is 1. The van der Waals surface area contributed by atoms with Crippen molar-refractivity contribution in [1.29, 1.82) is 0 Å². The number of carbonyl (C=O) groups excluding carboxylic acids is 1. The van der Waals surface area contributed by atoms with Gasteiger partial charge in [-0.25, -0.2) is 0 Å². The molecule has 0 radical (unpaired) electrons. The third-order valence-corrected chi connectivity index (χ3v) is 4.13. The van der Waals surface area contributed by atoms with Crippen LogP contribution in [0.5, 0.6) is 0 Å². The average molecular weight is 337 g/mol. The average Bonchev–Trinajstić information content (AvgIpc) is 2.84.